The number of nitrogens with one attached hydrogen (secondary N) is 1. The molecule has 0 amide bonds. The van der Waals surface area contributed by atoms with E-state index in [9.17, 15) is 0 Å². The molecule has 0 aliphatic carbocycles. The molecule has 4 aromatic rings. The maximum atomic E-state index is 6.43. The summed E-state index contributed by atoms with van der Waals surface area (Å²) in [5, 5.41) is 17.9. The summed E-state index contributed by atoms with van der Waals surface area (Å²) in [5.74, 6) is 0.769. The standard InChI is InChI=1S/C24H29N7O/c1-14-13-29(4)16(3)23-18(15(2)28-30(23)5)8-10-22-19-11-17(7-9-21(19)26-27-22)20-12-25-31(6)24(20)32-14/h7-12,14,16H,13H2,1-6H3,(H,26,27)/b10-8+/t14-,16+/m0/s1. The molecule has 1 N–H and O–H groups in total. The lowest BCUT2D eigenvalue weighted by Crippen LogP contribution is -2.34. The van der Waals surface area contributed by atoms with Crippen LogP contribution in [0.4, 0.5) is 0 Å². The van der Waals surface area contributed by atoms with Crippen molar-refractivity contribution in [3.05, 3.63) is 47.0 Å². The number of aromatic nitrogens is 6. The van der Waals surface area contributed by atoms with Crippen LogP contribution in [0.25, 0.3) is 34.2 Å². The molecular weight excluding hydrogens is 402 g/mol. The number of aromatic amines is 1. The Morgan fingerprint density at radius 1 is 1.09 bits per heavy atom. The number of likely N-dealkylation sites (N-methyl/N-ethyl adjacent to an activating group) is 1. The first-order valence-electron chi connectivity index (χ1n) is 10.9. The highest BCUT2D eigenvalue weighted by molar-refractivity contribution is 5.93. The zero-order chi connectivity index (χ0) is 22.6. The van der Waals surface area contributed by atoms with Gasteiger partial charge in [-0.15, -0.1) is 0 Å². The van der Waals surface area contributed by atoms with Crippen LogP contribution in [0.3, 0.4) is 0 Å². The minimum atomic E-state index is -0.0248. The fourth-order valence-electron chi connectivity index (χ4n) is 4.65. The quantitative estimate of drug-likeness (QED) is 0.456. The third-order valence-electron chi connectivity index (χ3n) is 6.42. The van der Waals surface area contributed by atoms with E-state index in [0.717, 1.165) is 51.4 Å². The first-order chi connectivity index (χ1) is 15.3. The largest absolute Gasteiger partial charge is 0.473 e. The Bertz CT molecular complexity index is 1330. The zero-order valence-corrected chi connectivity index (χ0v) is 19.4. The molecule has 1 aliphatic heterocycles. The van der Waals surface area contributed by atoms with Gasteiger partial charge >= 0.3 is 0 Å². The van der Waals surface area contributed by atoms with E-state index in [-0.39, 0.29) is 12.1 Å². The van der Waals surface area contributed by atoms with E-state index in [1.807, 2.05) is 25.0 Å². The lowest BCUT2D eigenvalue weighted by molar-refractivity contribution is 0.129. The second-order valence-corrected chi connectivity index (χ2v) is 8.74. The average Bonchev–Trinajstić information content (AvgIpc) is 3.40. The summed E-state index contributed by atoms with van der Waals surface area (Å²) < 4.78 is 10.2. The number of fused-ring (bicyclic) bond motifs is 4. The van der Waals surface area contributed by atoms with Crippen LogP contribution in [0.2, 0.25) is 0 Å². The molecule has 2 atom stereocenters. The number of nitrogens with zero attached hydrogens (tertiary/aromatic N) is 6. The summed E-state index contributed by atoms with van der Waals surface area (Å²) in [6.07, 6.45) is 6.06. The van der Waals surface area contributed by atoms with Crippen molar-refractivity contribution in [2.24, 2.45) is 14.1 Å². The molecule has 1 aromatic carbocycles. The summed E-state index contributed by atoms with van der Waals surface area (Å²) in [7, 11) is 6.06. The molecule has 0 spiro atoms. The number of H-pyrrole nitrogens is 1. The van der Waals surface area contributed by atoms with Gasteiger partial charge in [-0.25, -0.2) is 4.68 Å². The highest BCUT2D eigenvalue weighted by Crippen LogP contribution is 2.34. The second-order valence-electron chi connectivity index (χ2n) is 8.74. The van der Waals surface area contributed by atoms with Crippen molar-refractivity contribution in [2.75, 3.05) is 13.6 Å². The van der Waals surface area contributed by atoms with Crippen LogP contribution < -0.4 is 4.74 Å². The SMILES string of the molecule is Cc1nn(C)c2c1/C=C/c1n[nH]c3ccc(cc13)-c1cnn(C)c1O[C@@H](C)CN(C)[C@@H]2C. The van der Waals surface area contributed by atoms with Crippen molar-refractivity contribution >= 4 is 23.1 Å². The Morgan fingerprint density at radius 2 is 1.91 bits per heavy atom. The van der Waals surface area contributed by atoms with E-state index in [1.54, 1.807) is 4.68 Å². The Morgan fingerprint density at radius 3 is 2.72 bits per heavy atom. The molecule has 5 rings (SSSR count). The van der Waals surface area contributed by atoms with Crippen molar-refractivity contribution in [2.45, 2.75) is 32.9 Å². The van der Waals surface area contributed by atoms with Crippen molar-refractivity contribution in [1.82, 2.24) is 34.7 Å². The van der Waals surface area contributed by atoms with Gasteiger partial charge in [0.15, 0.2) is 0 Å². The lowest BCUT2D eigenvalue weighted by Gasteiger charge is -2.28. The van der Waals surface area contributed by atoms with E-state index in [4.69, 9.17) is 9.84 Å². The first kappa shape index (κ1) is 20.5. The molecule has 0 radical (unpaired) electrons. The van der Waals surface area contributed by atoms with Crippen LogP contribution >= 0.6 is 0 Å². The normalized spacial score (nSPS) is 20.4. The average molecular weight is 432 g/mol. The number of aryl methyl sites for hydroxylation is 3. The molecule has 2 bridgehead atoms. The van der Waals surface area contributed by atoms with Crippen molar-refractivity contribution in [3.8, 4) is 17.0 Å². The summed E-state index contributed by atoms with van der Waals surface area (Å²) in [4.78, 5) is 2.31. The molecule has 8 heteroatoms. The van der Waals surface area contributed by atoms with Gasteiger partial charge in [0.05, 0.1) is 34.4 Å². The smallest absolute Gasteiger partial charge is 0.219 e. The fourth-order valence-corrected chi connectivity index (χ4v) is 4.65. The minimum Gasteiger partial charge on any atom is -0.473 e. The molecule has 8 nitrogen and oxygen atoms in total. The molecule has 166 valence electrons. The third-order valence-corrected chi connectivity index (χ3v) is 6.42. The van der Waals surface area contributed by atoms with Gasteiger partial charge in [0.1, 0.15) is 6.10 Å². The van der Waals surface area contributed by atoms with Crippen LogP contribution in [0.15, 0.2) is 24.4 Å². The van der Waals surface area contributed by atoms with Crippen LogP contribution in [-0.2, 0) is 14.1 Å². The number of hydrogen-bond acceptors (Lipinski definition) is 5. The Labute approximate surface area is 187 Å². The van der Waals surface area contributed by atoms with E-state index in [2.05, 4.69) is 78.4 Å². The Hall–Kier alpha value is -3.39. The summed E-state index contributed by atoms with van der Waals surface area (Å²) in [5.41, 5.74) is 7.23. The van der Waals surface area contributed by atoms with Crippen molar-refractivity contribution in [1.29, 1.82) is 0 Å². The number of hydrogen-bond donors (Lipinski definition) is 1. The van der Waals surface area contributed by atoms with Gasteiger partial charge in [-0.05, 0) is 57.7 Å². The molecule has 0 saturated carbocycles. The predicted molar refractivity (Wildman–Crippen MR) is 126 cm³/mol. The predicted octanol–water partition coefficient (Wildman–Crippen LogP) is 3.95. The van der Waals surface area contributed by atoms with E-state index < -0.39 is 0 Å². The van der Waals surface area contributed by atoms with Crippen molar-refractivity contribution in [3.63, 3.8) is 0 Å². The minimum absolute atomic E-state index is 0.0248. The molecule has 0 saturated heterocycles. The fraction of sp³-hybridized carbons (Fsp3) is 0.375. The summed E-state index contributed by atoms with van der Waals surface area (Å²) in [6, 6.07) is 6.45. The van der Waals surface area contributed by atoms with E-state index in [0.29, 0.717) is 0 Å². The van der Waals surface area contributed by atoms with Crippen LogP contribution in [0, 0.1) is 6.92 Å². The molecule has 0 fully saturated rings. The number of rotatable bonds is 0. The lowest BCUT2D eigenvalue weighted by atomic mass is 10.0. The molecule has 0 unspecified atom stereocenters. The first-order valence-corrected chi connectivity index (χ1v) is 10.9. The summed E-state index contributed by atoms with van der Waals surface area (Å²) in [6.45, 7) is 7.13. The van der Waals surface area contributed by atoms with Gasteiger partial charge in [0, 0.05) is 37.6 Å². The van der Waals surface area contributed by atoms with Crippen LogP contribution in [0.1, 0.15) is 42.5 Å². The highest BCUT2D eigenvalue weighted by Gasteiger charge is 2.24. The molecular formula is C24H29N7O. The number of benzene rings is 1. The van der Waals surface area contributed by atoms with Crippen molar-refractivity contribution < 1.29 is 4.74 Å². The Kier molecular flexibility index (Phi) is 4.89. The molecule has 4 heterocycles. The Balaban J connectivity index is 1.72. The highest BCUT2D eigenvalue weighted by atomic mass is 16.5. The third kappa shape index (κ3) is 3.31. The second kappa shape index (κ2) is 7.63. The molecule has 3 aromatic heterocycles. The van der Waals surface area contributed by atoms with E-state index >= 15 is 0 Å². The molecule has 1 aliphatic rings. The maximum Gasteiger partial charge on any atom is 0.219 e. The van der Waals surface area contributed by atoms with Gasteiger partial charge < -0.3 is 4.74 Å². The molecule has 32 heavy (non-hydrogen) atoms. The van der Waals surface area contributed by atoms with Gasteiger partial charge in [-0.1, -0.05) is 6.07 Å². The zero-order valence-electron chi connectivity index (χ0n) is 19.4. The summed E-state index contributed by atoms with van der Waals surface area (Å²) >= 11 is 0. The number of ether oxygens (including phenoxy) is 1. The van der Waals surface area contributed by atoms with Gasteiger partial charge in [-0.3, -0.25) is 14.7 Å². The maximum absolute atomic E-state index is 6.43. The van der Waals surface area contributed by atoms with Crippen LogP contribution in [0.5, 0.6) is 5.88 Å². The van der Waals surface area contributed by atoms with Gasteiger partial charge in [0.2, 0.25) is 5.88 Å². The van der Waals surface area contributed by atoms with Gasteiger partial charge in [-0.2, -0.15) is 15.3 Å². The van der Waals surface area contributed by atoms with Crippen LogP contribution in [-0.4, -0.2) is 54.4 Å². The van der Waals surface area contributed by atoms with Gasteiger partial charge in [0.25, 0.3) is 0 Å². The monoisotopic (exact) mass is 431 g/mol. The van der Waals surface area contributed by atoms with E-state index in [1.165, 1.54) is 5.69 Å². The topological polar surface area (TPSA) is 76.8 Å².